The van der Waals surface area contributed by atoms with Crippen molar-refractivity contribution in [3.8, 4) is 0 Å². The van der Waals surface area contributed by atoms with E-state index in [-0.39, 0.29) is 24.6 Å². The van der Waals surface area contributed by atoms with Gasteiger partial charge in [-0.05, 0) is 32.3 Å². The second kappa shape index (κ2) is 6.51. The monoisotopic (exact) mass is 334 g/mol. The van der Waals surface area contributed by atoms with Gasteiger partial charge in [0.15, 0.2) is 5.60 Å². The number of carbonyl (C=O) groups excluding carboxylic acids is 1. The number of fused-ring (bicyclic) bond motifs is 1. The molecule has 0 saturated heterocycles. The smallest absolute Gasteiger partial charge is 0.343 e. The predicted molar refractivity (Wildman–Crippen MR) is 92.2 cm³/mol. The minimum atomic E-state index is -1.78. The molecule has 0 amide bonds. The number of pyridine rings is 1. The van der Waals surface area contributed by atoms with E-state index in [1.165, 1.54) is 4.57 Å². The van der Waals surface area contributed by atoms with Crippen LogP contribution < -0.4 is 5.56 Å². The van der Waals surface area contributed by atoms with Gasteiger partial charge in [0, 0.05) is 18.7 Å². The largest absolute Gasteiger partial charge is 0.458 e. The van der Waals surface area contributed by atoms with Gasteiger partial charge in [0.05, 0.1) is 17.0 Å². The molecule has 1 aliphatic heterocycles. The van der Waals surface area contributed by atoms with Gasteiger partial charge in [-0.25, -0.2) is 4.79 Å². The number of hydrogen-bond acceptors (Lipinski definition) is 5. The molecule has 1 aliphatic rings. The zero-order chi connectivity index (χ0) is 18.2. The maximum absolute atomic E-state index is 12.7. The molecule has 2 heterocycles. The highest BCUT2D eigenvalue weighted by Gasteiger charge is 2.44. The van der Waals surface area contributed by atoms with E-state index < -0.39 is 11.6 Å². The van der Waals surface area contributed by atoms with Crippen molar-refractivity contribution in [2.45, 2.75) is 59.3 Å². The standard InChI is InChI=1S/C18H26N2O4/c1-7-18(23)14-8-15(12(5)19-11(4)10(2)3)20(6)16(21)13(14)9-24-17(18)22/h8,10-11,23H,7,9H2,1-6H3/t11-,18-/m0/s1. The van der Waals surface area contributed by atoms with Gasteiger partial charge >= 0.3 is 5.97 Å². The first kappa shape index (κ1) is 18.4. The SMILES string of the molecule is CC[C@@]1(O)C(=O)OCc2c1cc(C(C)=N[C@@H](C)C(C)C)n(C)c2=O. The molecule has 6 heteroatoms. The van der Waals surface area contributed by atoms with Gasteiger partial charge in [0.2, 0.25) is 0 Å². The van der Waals surface area contributed by atoms with Crippen LogP contribution in [0.4, 0.5) is 0 Å². The second-order valence-electron chi connectivity index (χ2n) is 6.78. The normalized spacial score (nSPS) is 22.3. The lowest BCUT2D eigenvalue weighted by atomic mass is 9.86. The summed E-state index contributed by atoms with van der Waals surface area (Å²) in [6.45, 7) is 9.60. The van der Waals surface area contributed by atoms with Crippen molar-refractivity contribution in [2.75, 3.05) is 0 Å². The molecule has 0 radical (unpaired) electrons. The van der Waals surface area contributed by atoms with E-state index in [0.717, 1.165) is 0 Å². The van der Waals surface area contributed by atoms with Crippen LogP contribution in [0, 0.1) is 5.92 Å². The fourth-order valence-electron chi connectivity index (χ4n) is 2.83. The Morgan fingerprint density at radius 1 is 1.42 bits per heavy atom. The highest BCUT2D eigenvalue weighted by atomic mass is 16.6. The average molecular weight is 334 g/mol. The number of aliphatic hydroxyl groups is 1. The number of ether oxygens (including phenoxy) is 1. The molecule has 0 bridgehead atoms. The number of nitrogens with zero attached hydrogens (tertiary/aromatic N) is 2. The van der Waals surface area contributed by atoms with Gasteiger partial charge in [0.25, 0.3) is 5.56 Å². The Balaban J connectivity index is 2.68. The van der Waals surface area contributed by atoms with Gasteiger partial charge in [-0.1, -0.05) is 20.8 Å². The van der Waals surface area contributed by atoms with Gasteiger partial charge in [-0.15, -0.1) is 0 Å². The maximum Gasteiger partial charge on any atom is 0.343 e. The summed E-state index contributed by atoms with van der Waals surface area (Å²) in [4.78, 5) is 29.4. The molecule has 6 nitrogen and oxygen atoms in total. The van der Waals surface area contributed by atoms with Crippen molar-refractivity contribution in [3.05, 3.63) is 33.2 Å². The summed E-state index contributed by atoms with van der Waals surface area (Å²) in [5.74, 6) is -0.334. The Bertz CT molecular complexity index is 748. The van der Waals surface area contributed by atoms with Crippen LogP contribution in [0.25, 0.3) is 0 Å². The summed E-state index contributed by atoms with van der Waals surface area (Å²) in [7, 11) is 1.67. The van der Waals surface area contributed by atoms with E-state index in [0.29, 0.717) is 28.5 Å². The molecule has 132 valence electrons. The van der Waals surface area contributed by atoms with E-state index in [1.54, 1.807) is 20.0 Å². The van der Waals surface area contributed by atoms with Crippen molar-refractivity contribution < 1.29 is 14.6 Å². The third-order valence-corrected chi connectivity index (χ3v) is 4.91. The van der Waals surface area contributed by atoms with Crippen LogP contribution in [-0.2, 0) is 28.8 Å². The van der Waals surface area contributed by atoms with Crippen LogP contribution in [0.3, 0.4) is 0 Å². The number of carbonyl (C=O) groups is 1. The Kier molecular flexibility index (Phi) is 4.99. The number of esters is 1. The number of rotatable bonds is 4. The molecule has 0 saturated carbocycles. The van der Waals surface area contributed by atoms with E-state index in [4.69, 9.17) is 4.74 Å². The highest BCUT2D eigenvalue weighted by Crippen LogP contribution is 2.33. The first-order valence-electron chi connectivity index (χ1n) is 8.31. The number of aliphatic imine (C=N–C) groups is 1. The van der Waals surface area contributed by atoms with Gasteiger partial charge in [-0.3, -0.25) is 9.79 Å². The van der Waals surface area contributed by atoms with Crippen molar-refractivity contribution in [3.63, 3.8) is 0 Å². The van der Waals surface area contributed by atoms with Crippen LogP contribution in [0.1, 0.15) is 57.9 Å². The van der Waals surface area contributed by atoms with Crippen molar-refractivity contribution >= 4 is 11.7 Å². The highest BCUT2D eigenvalue weighted by molar-refractivity contribution is 5.98. The summed E-state index contributed by atoms with van der Waals surface area (Å²) in [6.07, 6.45) is 0.143. The quantitative estimate of drug-likeness (QED) is 0.673. The molecule has 1 N–H and O–H groups in total. The Hall–Kier alpha value is -1.95. The van der Waals surface area contributed by atoms with Crippen molar-refractivity contribution in [1.82, 2.24) is 4.57 Å². The lowest BCUT2D eigenvalue weighted by molar-refractivity contribution is -0.172. The molecule has 0 aliphatic carbocycles. The van der Waals surface area contributed by atoms with E-state index in [9.17, 15) is 14.7 Å². The molecular formula is C18H26N2O4. The van der Waals surface area contributed by atoms with E-state index in [2.05, 4.69) is 18.8 Å². The second-order valence-corrected chi connectivity index (χ2v) is 6.78. The molecule has 24 heavy (non-hydrogen) atoms. The van der Waals surface area contributed by atoms with Crippen LogP contribution >= 0.6 is 0 Å². The molecule has 0 spiro atoms. The third-order valence-electron chi connectivity index (χ3n) is 4.91. The summed E-state index contributed by atoms with van der Waals surface area (Å²) in [6, 6.07) is 1.80. The molecule has 1 aromatic heterocycles. The Labute approximate surface area is 142 Å². The van der Waals surface area contributed by atoms with Crippen LogP contribution in [-0.4, -0.2) is 27.4 Å². The topological polar surface area (TPSA) is 80.9 Å². The first-order valence-corrected chi connectivity index (χ1v) is 8.31. The summed E-state index contributed by atoms with van der Waals surface area (Å²) in [5.41, 5.74) is -0.0712. The predicted octanol–water partition coefficient (Wildman–Crippen LogP) is 1.89. The summed E-state index contributed by atoms with van der Waals surface area (Å²) in [5, 5.41) is 10.7. The Morgan fingerprint density at radius 2 is 2.04 bits per heavy atom. The lowest BCUT2D eigenvalue weighted by Gasteiger charge is -2.32. The van der Waals surface area contributed by atoms with E-state index in [1.807, 2.05) is 13.8 Å². The molecule has 2 rings (SSSR count). The molecule has 2 atom stereocenters. The Morgan fingerprint density at radius 3 is 2.58 bits per heavy atom. The third kappa shape index (κ3) is 2.90. The number of hydrogen-bond donors (Lipinski definition) is 1. The average Bonchev–Trinajstić information content (AvgIpc) is 2.53. The molecular weight excluding hydrogens is 308 g/mol. The van der Waals surface area contributed by atoms with Gasteiger partial charge < -0.3 is 14.4 Å². The first-order chi connectivity index (χ1) is 11.1. The maximum atomic E-state index is 12.7. The van der Waals surface area contributed by atoms with Crippen molar-refractivity contribution in [2.24, 2.45) is 18.0 Å². The fraction of sp³-hybridized carbons (Fsp3) is 0.611. The molecule has 0 unspecified atom stereocenters. The fourth-order valence-corrected chi connectivity index (χ4v) is 2.83. The minimum Gasteiger partial charge on any atom is -0.458 e. The minimum absolute atomic E-state index is 0.103. The van der Waals surface area contributed by atoms with Crippen LogP contribution in [0.5, 0.6) is 0 Å². The lowest BCUT2D eigenvalue weighted by Crippen LogP contribution is -2.45. The van der Waals surface area contributed by atoms with E-state index >= 15 is 0 Å². The molecule has 0 fully saturated rings. The van der Waals surface area contributed by atoms with Crippen LogP contribution in [0.2, 0.25) is 0 Å². The molecule has 1 aromatic rings. The van der Waals surface area contributed by atoms with Crippen LogP contribution in [0.15, 0.2) is 15.9 Å². The number of cyclic esters (lactones) is 1. The number of aromatic nitrogens is 1. The zero-order valence-corrected chi connectivity index (χ0v) is 15.2. The summed E-state index contributed by atoms with van der Waals surface area (Å²) < 4.78 is 6.51. The van der Waals surface area contributed by atoms with Gasteiger partial charge in [0.1, 0.15) is 6.61 Å². The van der Waals surface area contributed by atoms with Crippen molar-refractivity contribution in [1.29, 1.82) is 0 Å². The zero-order valence-electron chi connectivity index (χ0n) is 15.2. The summed E-state index contributed by atoms with van der Waals surface area (Å²) >= 11 is 0. The molecule has 0 aromatic carbocycles. The van der Waals surface area contributed by atoms with Gasteiger partial charge in [-0.2, -0.15) is 0 Å².